The van der Waals surface area contributed by atoms with Gasteiger partial charge >= 0.3 is 0 Å². The average Bonchev–Trinajstić information content (AvgIpc) is 2.88. The SMILES string of the molecule is COc1ccccc1OCc1nc(CCN)n(CCO)n1.Cl. The van der Waals surface area contributed by atoms with E-state index in [0.29, 0.717) is 36.8 Å². The van der Waals surface area contributed by atoms with Gasteiger partial charge in [0.2, 0.25) is 0 Å². The van der Waals surface area contributed by atoms with Crippen molar-refractivity contribution in [2.75, 3.05) is 20.3 Å². The Morgan fingerprint density at radius 1 is 1.27 bits per heavy atom. The maximum absolute atomic E-state index is 9.03. The number of hydrogen-bond donors (Lipinski definition) is 2. The molecule has 0 saturated carbocycles. The number of nitrogens with two attached hydrogens (primary N) is 1. The van der Waals surface area contributed by atoms with Gasteiger partial charge in [-0.25, -0.2) is 9.67 Å². The molecular weight excluding hydrogens is 308 g/mol. The first-order chi connectivity index (χ1) is 10.3. The predicted molar refractivity (Wildman–Crippen MR) is 84.4 cm³/mol. The van der Waals surface area contributed by atoms with Gasteiger partial charge in [-0.05, 0) is 18.7 Å². The third-order valence-corrected chi connectivity index (χ3v) is 2.90. The highest BCUT2D eigenvalue weighted by Gasteiger charge is 2.10. The zero-order valence-corrected chi connectivity index (χ0v) is 13.3. The Labute approximate surface area is 135 Å². The van der Waals surface area contributed by atoms with Gasteiger partial charge in [-0.2, -0.15) is 5.10 Å². The minimum Gasteiger partial charge on any atom is -0.493 e. The number of rotatable bonds is 8. The molecule has 3 N–H and O–H groups in total. The third-order valence-electron chi connectivity index (χ3n) is 2.90. The summed E-state index contributed by atoms with van der Waals surface area (Å²) >= 11 is 0. The fraction of sp³-hybridized carbons (Fsp3) is 0.429. The number of aromatic nitrogens is 3. The molecule has 0 radical (unpaired) electrons. The summed E-state index contributed by atoms with van der Waals surface area (Å²) in [6.07, 6.45) is 0.613. The van der Waals surface area contributed by atoms with E-state index in [1.54, 1.807) is 11.8 Å². The van der Waals surface area contributed by atoms with Gasteiger partial charge in [-0.1, -0.05) is 12.1 Å². The van der Waals surface area contributed by atoms with Crippen LogP contribution in [0.4, 0.5) is 0 Å². The fourth-order valence-electron chi connectivity index (χ4n) is 1.96. The van der Waals surface area contributed by atoms with Crippen molar-refractivity contribution >= 4 is 12.4 Å². The van der Waals surface area contributed by atoms with E-state index in [4.69, 9.17) is 20.3 Å². The molecule has 0 saturated heterocycles. The molecule has 0 aliphatic carbocycles. The molecule has 0 aliphatic rings. The number of hydrogen-bond acceptors (Lipinski definition) is 6. The van der Waals surface area contributed by atoms with Crippen molar-refractivity contribution in [3.63, 3.8) is 0 Å². The molecular formula is C14H21ClN4O3. The van der Waals surface area contributed by atoms with Gasteiger partial charge in [0.15, 0.2) is 17.3 Å². The Hall–Kier alpha value is -1.83. The number of para-hydroxylation sites is 2. The number of nitrogens with zero attached hydrogens (tertiary/aromatic N) is 3. The summed E-state index contributed by atoms with van der Waals surface area (Å²) in [5.74, 6) is 2.61. The van der Waals surface area contributed by atoms with E-state index in [2.05, 4.69) is 10.1 Å². The van der Waals surface area contributed by atoms with E-state index in [9.17, 15) is 0 Å². The van der Waals surface area contributed by atoms with Gasteiger partial charge in [-0.3, -0.25) is 0 Å². The van der Waals surface area contributed by atoms with Crippen LogP contribution in [0.25, 0.3) is 0 Å². The van der Waals surface area contributed by atoms with Crippen LogP contribution in [0.2, 0.25) is 0 Å². The van der Waals surface area contributed by atoms with E-state index in [-0.39, 0.29) is 25.6 Å². The summed E-state index contributed by atoms with van der Waals surface area (Å²) in [5.41, 5.74) is 5.55. The van der Waals surface area contributed by atoms with Crippen LogP contribution in [-0.4, -0.2) is 40.1 Å². The first kappa shape index (κ1) is 18.2. The average molecular weight is 329 g/mol. The molecule has 0 fully saturated rings. The lowest BCUT2D eigenvalue weighted by atomic mass is 10.3. The lowest BCUT2D eigenvalue weighted by Crippen LogP contribution is -2.12. The summed E-state index contributed by atoms with van der Waals surface area (Å²) in [6, 6.07) is 7.39. The zero-order valence-electron chi connectivity index (χ0n) is 12.4. The van der Waals surface area contributed by atoms with Crippen LogP contribution in [0.5, 0.6) is 11.5 Å². The quantitative estimate of drug-likeness (QED) is 0.743. The standard InChI is InChI=1S/C14H20N4O3.ClH/c1-20-11-4-2-3-5-12(11)21-10-13-16-14(6-7-15)18(17-13)8-9-19;/h2-5,19H,6-10,15H2,1H3;1H. The molecule has 1 heterocycles. The Morgan fingerprint density at radius 2 is 2.00 bits per heavy atom. The Balaban J connectivity index is 0.00000242. The van der Waals surface area contributed by atoms with Crippen LogP contribution in [0.1, 0.15) is 11.6 Å². The summed E-state index contributed by atoms with van der Waals surface area (Å²) in [7, 11) is 1.59. The normalized spacial score (nSPS) is 10.1. The van der Waals surface area contributed by atoms with Gasteiger partial charge in [0.25, 0.3) is 0 Å². The fourth-order valence-corrected chi connectivity index (χ4v) is 1.96. The van der Waals surface area contributed by atoms with Crippen LogP contribution < -0.4 is 15.2 Å². The maximum Gasteiger partial charge on any atom is 0.188 e. The largest absolute Gasteiger partial charge is 0.493 e. The minimum absolute atomic E-state index is 0. The summed E-state index contributed by atoms with van der Waals surface area (Å²) in [6.45, 7) is 1.12. The molecule has 8 heteroatoms. The summed E-state index contributed by atoms with van der Waals surface area (Å²) in [5, 5.41) is 13.3. The minimum atomic E-state index is 0. The van der Waals surface area contributed by atoms with Crippen LogP contribution in [0.15, 0.2) is 24.3 Å². The Morgan fingerprint density at radius 3 is 2.64 bits per heavy atom. The molecule has 1 aromatic carbocycles. The lowest BCUT2D eigenvalue weighted by molar-refractivity contribution is 0.261. The first-order valence-electron chi connectivity index (χ1n) is 6.77. The summed E-state index contributed by atoms with van der Waals surface area (Å²) in [4.78, 5) is 4.38. The van der Waals surface area contributed by atoms with Crippen molar-refractivity contribution in [2.24, 2.45) is 5.73 Å². The molecule has 22 heavy (non-hydrogen) atoms. The molecule has 0 atom stereocenters. The van der Waals surface area contributed by atoms with Crippen molar-refractivity contribution in [3.8, 4) is 11.5 Å². The smallest absolute Gasteiger partial charge is 0.188 e. The molecule has 2 rings (SSSR count). The number of benzene rings is 1. The highest BCUT2D eigenvalue weighted by molar-refractivity contribution is 5.85. The van der Waals surface area contributed by atoms with Gasteiger partial charge in [-0.15, -0.1) is 12.4 Å². The summed E-state index contributed by atoms with van der Waals surface area (Å²) < 4.78 is 12.6. The monoisotopic (exact) mass is 328 g/mol. The highest BCUT2D eigenvalue weighted by Crippen LogP contribution is 2.26. The third kappa shape index (κ3) is 4.59. The predicted octanol–water partition coefficient (Wildman–Crippen LogP) is 0.781. The van der Waals surface area contributed by atoms with Crippen molar-refractivity contribution in [1.29, 1.82) is 0 Å². The van der Waals surface area contributed by atoms with Crippen molar-refractivity contribution in [3.05, 3.63) is 35.9 Å². The number of halogens is 1. The van der Waals surface area contributed by atoms with Crippen LogP contribution in [0.3, 0.4) is 0 Å². The number of aliphatic hydroxyl groups is 1. The van der Waals surface area contributed by atoms with Crippen molar-refractivity contribution in [1.82, 2.24) is 14.8 Å². The van der Waals surface area contributed by atoms with E-state index < -0.39 is 0 Å². The van der Waals surface area contributed by atoms with Gasteiger partial charge in [0.1, 0.15) is 12.4 Å². The molecule has 0 spiro atoms. The molecule has 122 valence electrons. The second-order valence-corrected chi connectivity index (χ2v) is 4.37. The first-order valence-corrected chi connectivity index (χ1v) is 6.77. The maximum atomic E-state index is 9.03. The Kier molecular flexibility index (Phi) is 7.65. The van der Waals surface area contributed by atoms with Crippen LogP contribution in [-0.2, 0) is 19.6 Å². The molecule has 0 bridgehead atoms. The van der Waals surface area contributed by atoms with E-state index in [0.717, 1.165) is 5.82 Å². The molecule has 7 nitrogen and oxygen atoms in total. The van der Waals surface area contributed by atoms with Gasteiger partial charge < -0.3 is 20.3 Å². The lowest BCUT2D eigenvalue weighted by Gasteiger charge is -2.08. The van der Waals surface area contributed by atoms with Crippen LogP contribution >= 0.6 is 12.4 Å². The van der Waals surface area contributed by atoms with Crippen LogP contribution in [0, 0.1) is 0 Å². The zero-order chi connectivity index (χ0) is 15.1. The molecule has 1 aromatic heterocycles. The van der Waals surface area contributed by atoms with Crippen molar-refractivity contribution < 1.29 is 14.6 Å². The van der Waals surface area contributed by atoms with E-state index in [1.807, 2.05) is 24.3 Å². The highest BCUT2D eigenvalue weighted by atomic mass is 35.5. The molecule has 0 unspecified atom stereocenters. The van der Waals surface area contributed by atoms with Gasteiger partial charge in [0.05, 0.1) is 20.3 Å². The number of methoxy groups -OCH3 is 1. The molecule has 2 aromatic rings. The molecule has 0 aliphatic heterocycles. The van der Waals surface area contributed by atoms with Crippen molar-refractivity contribution in [2.45, 2.75) is 19.6 Å². The van der Waals surface area contributed by atoms with E-state index >= 15 is 0 Å². The second-order valence-electron chi connectivity index (χ2n) is 4.37. The number of aliphatic hydroxyl groups excluding tert-OH is 1. The Bertz CT molecular complexity index is 553. The van der Waals surface area contributed by atoms with Gasteiger partial charge in [0, 0.05) is 6.42 Å². The number of ether oxygens (including phenoxy) is 2. The van der Waals surface area contributed by atoms with E-state index in [1.165, 1.54) is 0 Å². The second kappa shape index (κ2) is 9.24. The molecule has 0 amide bonds. The topological polar surface area (TPSA) is 95.4 Å².